The molecule has 0 aromatic heterocycles. The third kappa shape index (κ3) is 6.18. The van der Waals surface area contributed by atoms with E-state index in [1.165, 1.54) is 19.3 Å². The van der Waals surface area contributed by atoms with Crippen molar-refractivity contribution in [3.8, 4) is 6.07 Å². The molecule has 0 aromatic carbocycles. The number of hydrogen-bond acceptors (Lipinski definition) is 2. The standard InChI is InChI=1S/C10H19NO/c1-3-5-6-7-8-10(9-11)12-4-2/h10H,3-8H2,1-2H3. The summed E-state index contributed by atoms with van der Waals surface area (Å²) in [6.07, 6.45) is 5.57. The third-order valence-corrected chi connectivity index (χ3v) is 1.83. The van der Waals surface area contributed by atoms with Crippen LogP contribution in [-0.4, -0.2) is 12.7 Å². The lowest BCUT2D eigenvalue weighted by Gasteiger charge is -2.07. The molecule has 0 aliphatic rings. The molecule has 0 rings (SSSR count). The molecule has 0 heterocycles. The van der Waals surface area contributed by atoms with Crippen LogP contribution in [0.1, 0.15) is 46.0 Å². The maximum atomic E-state index is 8.64. The Labute approximate surface area is 75.5 Å². The molecule has 0 amide bonds. The molecule has 0 bridgehead atoms. The molecule has 0 saturated heterocycles. The second kappa shape index (κ2) is 8.55. The summed E-state index contributed by atoms with van der Waals surface area (Å²) in [6.45, 7) is 4.76. The first-order valence-corrected chi connectivity index (χ1v) is 4.86. The Hall–Kier alpha value is -0.550. The lowest BCUT2D eigenvalue weighted by Crippen LogP contribution is -2.09. The molecule has 0 aliphatic carbocycles. The molecule has 0 fully saturated rings. The SMILES string of the molecule is CCCCCCC(C#N)OCC. The monoisotopic (exact) mass is 169 g/mol. The van der Waals surface area contributed by atoms with Gasteiger partial charge in [0.25, 0.3) is 0 Å². The van der Waals surface area contributed by atoms with E-state index in [2.05, 4.69) is 13.0 Å². The molecule has 0 spiro atoms. The van der Waals surface area contributed by atoms with Crippen molar-refractivity contribution in [3.05, 3.63) is 0 Å². The molecule has 0 aliphatic heterocycles. The normalized spacial score (nSPS) is 12.4. The number of nitrogens with zero attached hydrogens (tertiary/aromatic N) is 1. The van der Waals surface area contributed by atoms with E-state index in [9.17, 15) is 0 Å². The predicted octanol–water partition coefficient (Wildman–Crippen LogP) is 2.89. The van der Waals surface area contributed by atoms with Gasteiger partial charge in [-0.3, -0.25) is 0 Å². The summed E-state index contributed by atoms with van der Waals surface area (Å²) >= 11 is 0. The van der Waals surface area contributed by atoms with Gasteiger partial charge >= 0.3 is 0 Å². The third-order valence-electron chi connectivity index (χ3n) is 1.83. The Morgan fingerprint density at radius 2 is 2.00 bits per heavy atom. The van der Waals surface area contributed by atoms with E-state index < -0.39 is 0 Å². The van der Waals surface area contributed by atoms with Gasteiger partial charge in [-0.1, -0.05) is 26.2 Å². The molecule has 2 heteroatoms. The van der Waals surface area contributed by atoms with Crippen LogP contribution in [0.25, 0.3) is 0 Å². The van der Waals surface area contributed by atoms with Crippen molar-refractivity contribution in [2.24, 2.45) is 0 Å². The Balaban J connectivity index is 3.27. The highest BCUT2D eigenvalue weighted by Gasteiger charge is 2.04. The zero-order valence-corrected chi connectivity index (χ0v) is 8.18. The summed E-state index contributed by atoms with van der Waals surface area (Å²) in [6, 6.07) is 2.16. The minimum absolute atomic E-state index is 0.174. The van der Waals surface area contributed by atoms with Gasteiger partial charge in [0.1, 0.15) is 6.10 Å². The van der Waals surface area contributed by atoms with E-state index in [-0.39, 0.29) is 6.10 Å². The van der Waals surface area contributed by atoms with Gasteiger partial charge in [0, 0.05) is 6.61 Å². The summed E-state index contributed by atoms with van der Waals surface area (Å²) in [5, 5.41) is 8.64. The van der Waals surface area contributed by atoms with E-state index in [4.69, 9.17) is 10.00 Å². The second-order valence-electron chi connectivity index (χ2n) is 2.92. The lowest BCUT2D eigenvalue weighted by molar-refractivity contribution is 0.0933. The van der Waals surface area contributed by atoms with Gasteiger partial charge in [-0.05, 0) is 19.8 Å². The maximum absolute atomic E-state index is 8.64. The zero-order chi connectivity index (χ0) is 9.23. The van der Waals surface area contributed by atoms with Crippen molar-refractivity contribution in [1.29, 1.82) is 5.26 Å². The van der Waals surface area contributed by atoms with Crippen molar-refractivity contribution < 1.29 is 4.74 Å². The molecular formula is C10H19NO. The average Bonchev–Trinajstić information content (AvgIpc) is 2.10. The fraction of sp³-hybridized carbons (Fsp3) is 0.900. The first-order valence-electron chi connectivity index (χ1n) is 4.86. The quantitative estimate of drug-likeness (QED) is 0.549. The van der Waals surface area contributed by atoms with Crippen LogP contribution in [-0.2, 0) is 4.74 Å². The lowest BCUT2D eigenvalue weighted by atomic mass is 10.1. The summed E-state index contributed by atoms with van der Waals surface area (Å²) in [7, 11) is 0. The number of unbranched alkanes of at least 4 members (excludes halogenated alkanes) is 3. The van der Waals surface area contributed by atoms with Crippen LogP contribution < -0.4 is 0 Å². The zero-order valence-electron chi connectivity index (χ0n) is 8.18. The van der Waals surface area contributed by atoms with Gasteiger partial charge in [-0.15, -0.1) is 0 Å². The number of ether oxygens (including phenoxy) is 1. The van der Waals surface area contributed by atoms with Crippen LogP contribution in [0.4, 0.5) is 0 Å². The van der Waals surface area contributed by atoms with Crippen LogP contribution in [0.15, 0.2) is 0 Å². The van der Waals surface area contributed by atoms with E-state index >= 15 is 0 Å². The summed E-state index contributed by atoms with van der Waals surface area (Å²) in [4.78, 5) is 0. The highest BCUT2D eigenvalue weighted by Crippen LogP contribution is 2.07. The summed E-state index contributed by atoms with van der Waals surface area (Å²) in [5.74, 6) is 0. The Morgan fingerprint density at radius 3 is 2.50 bits per heavy atom. The van der Waals surface area contributed by atoms with E-state index in [1.54, 1.807) is 0 Å². The molecule has 0 N–H and O–H groups in total. The maximum Gasteiger partial charge on any atom is 0.143 e. The molecule has 0 aromatic rings. The number of nitriles is 1. The number of rotatable bonds is 7. The Morgan fingerprint density at radius 1 is 1.25 bits per heavy atom. The molecule has 1 unspecified atom stereocenters. The van der Waals surface area contributed by atoms with E-state index in [0.29, 0.717) is 6.61 Å². The topological polar surface area (TPSA) is 33.0 Å². The van der Waals surface area contributed by atoms with E-state index in [0.717, 1.165) is 12.8 Å². The highest BCUT2D eigenvalue weighted by atomic mass is 16.5. The van der Waals surface area contributed by atoms with Crippen molar-refractivity contribution in [2.75, 3.05) is 6.61 Å². The number of hydrogen-bond donors (Lipinski definition) is 0. The smallest absolute Gasteiger partial charge is 0.143 e. The summed E-state index contributed by atoms with van der Waals surface area (Å²) < 4.78 is 5.21. The van der Waals surface area contributed by atoms with Crippen LogP contribution >= 0.6 is 0 Å². The molecule has 2 nitrogen and oxygen atoms in total. The average molecular weight is 169 g/mol. The van der Waals surface area contributed by atoms with E-state index in [1.807, 2.05) is 6.92 Å². The van der Waals surface area contributed by atoms with Crippen LogP contribution in [0, 0.1) is 11.3 Å². The van der Waals surface area contributed by atoms with Gasteiger partial charge in [0.05, 0.1) is 6.07 Å². The van der Waals surface area contributed by atoms with Crippen LogP contribution in [0.2, 0.25) is 0 Å². The minimum atomic E-state index is -0.174. The Kier molecular flexibility index (Phi) is 8.15. The van der Waals surface area contributed by atoms with Crippen molar-refractivity contribution in [1.82, 2.24) is 0 Å². The summed E-state index contributed by atoms with van der Waals surface area (Å²) in [5.41, 5.74) is 0. The van der Waals surface area contributed by atoms with Gasteiger partial charge in [-0.2, -0.15) is 5.26 Å². The molecule has 12 heavy (non-hydrogen) atoms. The fourth-order valence-corrected chi connectivity index (χ4v) is 1.14. The van der Waals surface area contributed by atoms with Crippen molar-refractivity contribution >= 4 is 0 Å². The van der Waals surface area contributed by atoms with Crippen LogP contribution in [0.5, 0.6) is 0 Å². The van der Waals surface area contributed by atoms with Crippen molar-refractivity contribution in [2.45, 2.75) is 52.1 Å². The van der Waals surface area contributed by atoms with Gasteiger partial charge in [-0.25, -0.2) is 0 Å². The fourth-order valence-electron chi connectivity index (χ4n) is 1.14. The molecule has 0 saturated carbocycles. The molecule has 1 atom stereocenters. The molecule has 70 valence electrons. The second-order valence-corrected chi connectivity index (χ2v) is 2.92. The predicted molar refractivity (Wildman–Crippen MR) is 49.8 cm³/mol. The molecule has 0 radical (unpaired) electrons. The first-order chi connectivity index (χ1) is 5.85. The molecular weight excluding hydrogens is 150 g/mol. The van der Waals surface area contributed by atoms with Gasteiger partial charge in [0.2, 0.25) is 0 Å². The van der Waals surface area contributed by atoms with Crippen LogP contribution in [0.3, 0.4) is 0 Å². The van der Waals surface area contributed by atoms with Gasteiger partial charge < -0.3 is 4.74 Å². The van der Waals surface area contributed by atoms with Gasteiger partial charge in [0.15, 0.2) is 0 Å². The Bertz CT molecular complexity index is 128. The van der Waals surface area contributed by atoms with Crippen molar-refractivity contribution in [3.63, 3.8) is 0 Å². The largest absolute Gasteiger partial charge is 0.364 e. The minimum Gasteiger partial charge on any atom is -0.364 e. The first kappa shape index (κ1) is 11.4. The highest BCUT2D eigenvalue weighted by molar-refractivity contribution is 4.83.